The first-order valence-corrected chi connectivity index (χ1v) is 4.93. The Morgan fingerprint density at radius 3 is 2.81 bits per heavy atom. The molecule has 4 nitrogen and oxygen atoms in total. The molecule has 2 aliphatic rings. The van der Waals surface area contributed by atoms with Gasteiger partial charge in [0.1, 0.15) is 6.26 Å². The third kappa shape index (κ3) is 2.35. The number of nitrogens with zero attached hydrogens (tertiary/aromatic N) is 2. The van der Waals surface area contributed by atoms with Crippen molar-refractivity contribution >= 4 is 11.6 Å². The van der Waals surface area contributed by atoms with Gasteiger partial charge in [-0.15, -0.1) is 0 Å². The van der Waals surface area contributed by atoms with Crippen molar-refractivity contribution in [2.45, 2.75) is 0 Å². The van der Waals surface area contributed by atoms with Crippen LogP contribution in [0.5, 0.6) is 0 Å². The lowest BCUT2D eigenvalue weighted by Gasteiger charge is -1.98. The van der Waals surface area contributed by atoms with E-state index in [9.17, 15) is 0 Å². The first-order valence-electron chi connectivity index (χ1n) is 4.55. The van der Waals surface area contributed by atoms with Crippen LogP contribution in [0.3, 0.4) is 0 Å². The van der Waals surface area contributed by atoms with Gasteiger partial charge in [0, 0.05) is 0 Å². The first kappa shape index (κ1) is 10.6. The number of halogens is 1. The van der Waals surface area contributed by atoms with Crippen molar-refractivity contribution in [1.82, 2.24) is 9.97 Å². The van der Waals surface area contributed by atoms with Gasteiger partial charge in [0.05, 0.1) is 17.5 Å². The Bertz CT molecular complexity index is 581. The summed E-state index contributed by atoms with van der Waals surface area (Å²) >= 11 is 5.69. The molecule has 0 fully saturated rings. The van der Waals surface area contributed by atoms with Gasteiger partial charge in [0.25, 0.3) is 0 Å². The molecule has 0 radical (unpaired) electrons. The Balaban J connectivity index is 2.81. The molecule has 0 unspecified atom stereocenters. The number of aromatic nitrogens is 2. The summed E-state index contributed by atoms with van der Waals surface area (Å²) in [5, 5.41) is 7.72. The molecule has 16 heavy (non-hydrogen) atoms. The largest absolute Gasteiger partial charge is 0.472 e. The van der Waals surface area contributed by atoms with E-state index in [1.807, 2.05) is 18.2 Å². The molecule has 0 bridgehead atoms. The minimum Gasteiger partial charge on any atom is -0.472 e. The quantitative estimate of drug-likeness (QED) is 0.711. The van der Waals surface area contributed by atoms with Crippen LogP contribution in [-0.4, -0.2) is 9.97 Å². The number of rotatable bonds is 0. The van der Waals surface area contributed by atoms with Gasteiger partial charge in [0.15, 0.2) is 5.49 Å². The van der Waals surface area contributed by atoms with Crippen LogP contribution in [0.25, 0.3) is 11.3 Å². The Morgan fingerprint density at radius 1 is 1.12 bits per heavy atom. The summed E-state index contributed by atoms with van der Waals surface area (Å²) in [6.07, 6.45) is 2.93. The van der Waals surface area contributed by atoms with Gasteiger partial charge in [0.2, 0.25) is 5.28 Å². The molecule has 2 aliphatic heterocycles. The van der Waals surface area contributed by atoms with Crippen molar-refractivity contribution < 1.29 is 4.42 Å². The standard InChI is InChI=1S/C11H8ClN3O/c12-11-14-9-5-3-1-2-4-6-16-7-8(9)10(13)15-11/h1-7,13H. The molecule has 2 heterocycles. The minimum atomic E-state index is 0.0394. The van der Waals surface area contributed by atoms with E-state index in [0.29, 0.717) is 11.3 Å². The molecule has 0 spiro atoms. The average molecular weight is 234 g/mol. The molecule has 0 atom stereocenters. The molecule has 0 saturated carbocycles. The molecule has 0 aromatic heterocycles. The fourth-order valence-corrected chi connectivity index (χ4v) is 1.35. The zero-order valence-corrected chi connectivity index (χ0v) is 8.98. The van der Waals surface area contributed by atoms with E-state index >= 15 is 0 Å². The fourth-order valence-electron chi connectivity index (χ4n) is 1.17. The second-order valence-electron chi connectivity index (χ2n) is 2.97. The van der Waals surface area contributed by atoms with Crippen molar-refractivity contribution in [1.29, 1.82) is 5.41 Å². The predicted octanol–water partition coefficient (Wildman–Crippen LogP) is 2.43. The van der Waals surface area contributed by atoms with Gasteiger partial charge in [-0.2, -0.15) is 4.98 Å². The lowest BCUT2D eigenvalue weighted by Crippen LogP contribution is -2.11. The highest BCUT2D eigenvalue weighted by atomic mass is 35.5. The van der Waals surface area contributed by atoms with Crippen LogP contribution in [0, 0.1) is 5.41 Å². The average Bonchev–Trinajstić information content (AvgIpc) is 2.25. The number of nitrogens with one attached hydrogen (secondary N) is 1. The number of fused-ring (bicyclic) bond motifs is 1. The van der Waals surface area contributed by atoms with Crippen LogP contribution in [0.1, 0.15) is 0 Å². The normalized spacial score (nSPS) is 9.81. The third-order valence-corrected chi connectivity index (χ3v) is 2.05. The van der Waals surface area contributed by atoms with Crippen molar-refractivity contribution in [2.75, 3.05) is 0 Å². The highest BCUT2D eigenvalue weighted by Gasteiger charge is 2.05. The van der Waals surface area contributed by atoms with Gasteiger partial charge in [-0.05, 0) is 23.7 Å². The molecule has 0 saturated heterocycles. The second-order valence-corrected chi connectivity index (χ2v) is 3.30. The maximum Gasteiger partial charge on any atom is 0.224 e. The topological polar surface area (TPSA) is 62.8 Å². The summed E-state index contributed by atoms with van der Waals surface area (Å²) in [7, 11) is 0. The summed E-state index contributed by atoms with van der Waals surface area (Å²) in [5.74, 6) is 0. The van der Waals surface area contributed by atoms with Gasteiger partial charge in [-0.3, -0.25) is 5.41 Å². The van der Waals surface area contributed by atoms with Gasteiger partial charge >= 0.3 is 0 Å². The maximum atomic E-state index is 7.66. The predicted molar refractivity (Wildman–Crippen MR) is 59.4 cm³/mol. The van der Waals surface area contributed by atoms with E-state index in [1.54, 1.807) is 12.1 Å². The van der Waals surface area contributed by atoms with Gasteiger partial charge in [-0.1, -0.05) is 18.2 Å². The lowest BCUT2D eigenvalue weighted by atomic mass is 10.2. The molecular formula is C11H8ClN3O. The van der Waals surface area contributed by atoms with Gasteiger partial charge in [-0.25, -0.2) is 4.98 Å². The van der Waals surface area contributed by atoms with E-state index in [0.717, 1.165) is 0 Å². The van der Waals surface area contributed by atoms with Crippen LogP contribution in [0.15, 0.2) is 47.3 Å². The molecule has 0 aromatic carbocycles. The zero-order valence-electron chi connectivity index (χ0n) is 8.22. The smallest absolute Gasteiger partial charge is 0.224 e. The summed E-state index contributed by atoms with van der Waals surface area (Å²) in [6.45, 7) is 0. The fraction of sp³-hybridized carbons (Fsp3) is 0. The Morgan fingerprint density at radius 2 is 1.94 bits per heavy atom. The van der Waals surface area contributed by atoms with Crippen LogP contribution >= 0.6 is 11.6 Å². The van der Waals surface area contributed by atoms with E-state index in [4.69, 9.17) is 21.4 Å². The minimum absolute atomic E-state index is 0.0394. The van der Waals surface area contributed by atoms with Crippen molar-refractivity contribution in [2.24, 2.45) is 0 Å². The SMILES string of the molecule is N=c1nc(Cl)nc2ccccccocc1-2. The third-order valence-electron chi connectivity index (χ3n) is 1.88. The summed E-state index contributed by atoms with van der Waals surface area (Å²) < 4.78 is 5.12. The highest BCUT2D eigenvalue weighted by molar-refractivity contribution is 6.28. The van der Waals surface area contributed by atoms with Crippen molar-refractivity contribution in [3.05, 3.63) is 53.6 Å². The zero-order chi connectivity index (χ0) is 11.4. The highest BCUT2D eigenvalue weighted by Crippen LogP contribution is 2.12. The first-order chi connectivity index (χ1) is 7.77. The maximum absolute atomic E-state index is 7.66. The molecule has 2 rings (SSSR count). The van der Waals surface area contributed by atoms with E-state index in [1.165, 1.54) is 12.5 Å². The van der Waals surface area contributed by atoms with Crippen molar-refractivity contribution in [3.8, 4) is 11.3 Å². The lowest BCUT2D eigenvalue weighted by molar-refractivity contribution is 0.554. The van der Waals surface area contributed by atoms with Crippen LogP contribution in [0.2, 0.25) is 5.28 Å². The molecular weight excluding hydrogens is 226 g/mol. The van der Waals surface area contributed by atoms with Gasteiger partial charge < -0.3 is 4.42 Å². The van der Waals surface area contributed by atoms with Crippen LogP contribution in [0.4, 0.5) is 0 Å². The monoisotopic (exact) mass is 233 g/mol. The van der Waals surface area contributed by atoms with Crippen LogP contribution < -0.4 is 5.49 Å². The summed E-state index contributed by atoms with van der Waals surface area (Å²) in [5.41, 5.74) is 1.10. The summed E-state index contributed by atoms with van der Waals surface area (Å²) in [6, 6.07) is 8.95. The number of hydrogen-bond donors (Lipinski definition) is 1. The number of hydrogen-bond acceptors (Lipinski definition) is 4. The molecule has 1 N–H and O–H groups in total. The van der Waals surface area contributed by atoms with E-state index in [2.05, 4.69) is 9.97 Å². The van der Waals surface area contributed by atoms with Crippen molar-refractivity contribution in [3.63, 3.8) is 0 Å². The molecule has 0 aliphatic carbocycles. The molecule has 0 amide bonds. The van der Waals surface area contributed by atoms with E-state index < -0.39 is 0 Å². The molecule has 0 aromatic rings. The molecule has 5 heteroatoms. The summed E-state index contributed by atoms with van der Waals surface area (Å²) in [4.78, 5) is 7.77. The Kier molecular flexibility index (Phi) is 3.12. The Labute approximate surface area is 96.7 Å². The Hall–Kier alpha value is -1.94. The second kappa shape index (κ2) is 4.72. The van der Waals surface area contributed by atoms with Crippen LogP contribution in [-0.2, 0) is 0 Å². The van der Waals surface area contributed by atoms with E-state index in [-0.39, 0.29) is 10.8 Å². The molecule has 80 valence electrons.